The summed E-state index contributed by atoms with van der Waals surface area (Å²) >= 11 is 6.52. The smallest absolute Gasteiger partial charge is 0.286 e. The number of fused-ring (bicyclic) bond motifs is 4. The molecule has 1 unspecified atom stereocenters. The average Bonchev–Trinajstić information content (AvgIpc) is 3.52. The molecule has 1 N–H and O–H groups in total. The molecule has 7 atom stereocenters. The summed E-state index contributed by atoms with van der Waals surface area (Å²) in [6.07, 6.45) is 9.92. The Balaban J connectivity index is 1.08. The lowest BCUT2D eigenvalue weighted by molar-refractivity contribution is -0.112. The first-order valence-electron chi connectivity index (χ1n) is 22.0. The Morgan fingerprint density at radius 2 is 1.85 bits per heavy atom. The predicted molar refractivity (Wildman–Crippen MR) is 239 cm³/mol. The maximum Gasteiger partial charge on any atom is 0.286 e. The van der Waals surface area contributed by atoms with Crippen molar-refractivity contribution in [3.8, 4) is 11.6 Å². The number of carbonyl (C=O) groups excluding carboxylic acids is 2. The van der Waals surface area contributed by atoms with Gasteiger partial charge in [0, 0.05) is 93.5 Å². The van der Waals surface area contributed by atoms with Gasteiger partial charge in [0.1, 0.15) is 21.2 Å². The Labute approximate surface area is 370 Å². The van der Waals surface area contributed by atoms with Crippen LogP contribution in [0.15, 0.2) is 59.1 Å². The molecule has 3 aromatic rings. The van der Waals surface area contributed by atoms with Gasteiger partial charge in [0.25, 0.3) is 11.8 Å². The highest BCUT2D eigenvalue weighted by molar-refractivity contribution is 7.92. The van der Waals surface area contributed by atoms with Crippen molar-refractivity contribution in [1.29, 1.82) is 0 Å². The van der Waals surface area contributed by atoms with Gasteiger partial charge >= 0.3 is 0 Å². The van der Waals surface area contributed by atoms with Gasteiger partial charge in [0.2, 0.25) is 5.88 Å². The van der Waals surface area contributed by atoms with Crippen LogP contribution in [0.4, 0.5) is 5.69 Å². The van der Waals surface area contributed by atoms with Gasteiger partial charge < -0.3 is 28.7 Å². The summed E-state index contributed by atoms with van der Waals surface area (Å²) in [6.45, 7) is 9.42. The number of halogens is 1. The van der Waals surface area contributed by atoms with E-state index in [2.05, 4.69) is 54.1 Å². The molecule has 14 nitrogen and oxygen atoms in total. The fraction of sp³-hybridized carbons (Fsp3) is 0.587. The molecule has 1 saturated carbocycles. The van der Waals surface area contributed by atoms with E-state index in [0.717, 1.165) is 82.1 Å². The summed E-state index contributed by atoms with van der Waals surface area (Å²) in [4.78, 5) is 35.5. The van der Waals surface area contributed by atoms with E-state index < -0.39 is 33.8 Å². The highest BCUT2D eigenvalue weighted by Gasteiger charge is 2.50. The predicted octanol–water partition coefficient (Wildman–Crippen LogP) is 5.39. The van der Waals surface area contributed by atoms with Crippen LogP contribution in [0.25, 0.3) is 0 Å². The molecular weight excluding hydrogens is 830 g/mol. The number of ether oxygens (including phenoxy) is 4. The van der Waals surface area contributed by atoms with Gasteiger partial charge in [-0.15, -0.1) is 9.46 Å². The van der Waals surface area contributed by atoms with Crippen molar-refractivity contribution in [3.63, 3.8) is 0 Å². The number of hydrogen-bond donors (Lipinski definition) is 1. The lowest BCUT2D eigenvalue weighted by Gasteiger charge is -2.59. The number of aryl methyl sites for hydroxylation is 2. The minimum atomic E-state index is -3.77. The first kappa shape index (κ1) is 43.3. The zero-order valence-corrected chi connectivity index (χ0v) is 38.1. The average molecular weight is 891 g/mol. The fourth-order valence-corrected chi connectivity index (χ4v) is 13.3. The zero-order valence-electron chi connectivity index (χ0n) is 36.5. The normalized spacial score (nSPS) is 31.3. The Hall–Kier alpha value is -3.99. The van der Waals surface area contributed by atoms with Crippen LogP contribution in [0.1, 0.15) is 64.4 Å². The van der Waals surface area contributed by atoms with Crippen molar-refractivity contribution in [1.82, 2.24) is 24.3 Å². The highest BCUT2D eigenvalue weighted by atomic mass is 35.5. The third-order valence-electron chi connectivity index (χ3n) is 14.2. The van der Waals surface area contributed by atoms with E-state index in [4.69, 9.17) is 30.5 Å². The van der Waals surface area contributed by atoms with Crippen LogP contribution in [-0.2, 0) is 38.3 Å². The van der Waals surface area contributed by atoms with E-state index >= 15 is 4.21 Å². The van der Waals surface area contributed by atoms with Crippen molar-refractivity contribution >= 4 is 39.0 Å². The lowest BCUT2D eigenvalue weighted by Crippen LogP contribution is -2.71. The minimum absolute atomic E-state index is 0.0678. The highest BCUT2D eigenvalue weighted by Crippen LogP contribution is 2.47. The molecule has 0 radical (unpaired) electrons. The topological polar surface area (TPSA) is 140 Å². The minimum Gasteiger partial charge on any atom is -0.490 e. The largest absolute Gasteiger partial charge is 0.490 e. The van der Waals surface area contributed by atoms with E-state index in [0.29, 0.717) is 36.8 Å². The molecule has 5 heterocycles. The second-order valence-electron chi connectivity index (χ2n) is 18.9. The number of benzene rings is 2. The molecule has 1 aromatic heterocycles. The van der Waals surface area contributed by atoms with Gasteiger partial charge in [-0.2, -0.15) is 0 Å². The maximum atomic E-state index is 15.2. The first-order valence-corrected chi connectivity index (χ1v) is 24.1. The molecule has 334 valence electrons. The number of hydrogen-bond acceptors (Lipinski definition) is 11. The maximum absolute atomic E-state index is 15.2. The van der Waals surface area contributed by atoms with E-state index in [1.807, 2.05) is 31.2 Å². The van der Waals surface area contributed by atoms with E-state index in [-0.39, 0.29) is 40.2 Å². The molecule has 9 rings (SSSR count). The molecule has 3 fully saturated rings. The summed E-state index contributed by atoms with van der Waals surface area (Å²) in [5.41, 5.74) is 3.73. The van der Waals surface area contributed by atoms with Gasteiger partial charge in [-0.1, -0.05) is 36.7 Å². The van der Waals surface area contributed by atoms with Crippen molar-refractivity contribution in [2.24, 2.45) is 34.6 Å². The number of carbonyl (C=O) groups is 2. The Morgan fingerprint density at radius 3 is 2.60 bits per heavy atom. The van der Waals surface area contributed by atoms with Crippen LogP contribution < -0.4 is 19.1 Å². The van der Waals surface area contributed by atoms with Gasteiger partial charge in [0.05, 0.1) is 44.0 Å². The molecule has 62 heavy (non-hydrogen) atoms. The SMILES string of the molecule is COc1nn(C)cc1C(=O)NS1(=O)=NC(=O)c2ccc3c(c2)N(C[C@@H]2CC[C@H]2[C@@H](OC)/C=C\[C@H](OCCN2CC4(CN(C)C4)C2)[C@H](C)C1)C[C@@]1(CCCc2cc(Cl)ccc21)CO3. The van der Waals surface area contributed by atoms with Gasteiger partial charge in [-0.05, 0) is 92.4 Å². The van der Waals surface area contributed by atoms with Crippen LogP contribution in [0.2, 0.25) is 5.02 Å². The standard InChI is InChI=1S/C46H60ClN7O7S/c1-30-23-62(57,50-43(56)36-22-52(3)48-44(36)59-5)49-42(55)32-9-13-41-38(20-32)54(28-46(29-61-41)16-6-7-31-19-34(47)10-12-37(31)46)21-33-8-11-35(33)40(58-4)15-14-39(30)60-18-17-53-26-45(27-53)24-51(2)25-45/h9-10,12-15,19-20,22,30,33,35,39-40H,6-8,11,16-18,21,23-29H2,1-5H3,(H,49,50,55,56,57)/b15-14-/t30-,33+,35-,39+,40+,46+,62?/m1/s1. The number of nitrogens with one attached hydrogen (secondary N) is 1. The molecule has 2 saturated heterocycles. The summed E-state index contributed by atoms with van der Waals surface area (Å²) in [5.74, 6) is -0.689. The molecule has 16 heteroatoms. The Kier molecular flexibility index (Phi) is 12.0. The van der Waals surface area contributed by atoms with Crippen molar-refractivity contribution in [3.05, 3.63) is 82.0 Å². The third-order valence-corrected chi connectivity index (χ3v) is 16.4. The van der Waals surface area contributed by atoms with E-state index in [9.17, 15) is 9.59 Å². The summed E-state index contributed by atoms with van der Waals surface area (Å²) < 4.78 is 48.7. The molecule has 2 spiro atoms. The number of methoxy groups -OCH3 is 2. The Bertz CT molecular complexity index is 2350. The van der Waals surface area contributed by atoms with Crippen LogP contribution in [0.3, 0.4) is 0 Å². The van der Waals surface area contributed by atoms with E-state index in [1.165, 1.54) is 29.1 Å². The van der Waals surface area contributed by atoms with Gasteiger partial charge in [-0.3, -0.25) is 23.9 Å². The van der Waals surface area contributed by atoms with Crippen molar-refractivity contribution in [2.75, 3.05) is 90.9 Å². The Morgan fingerprint density at radius 1 is 1.05 bits per heavy atom. The van der Waals surface area contributed by atoms with Gasteiger partial charge in [-0.25, -0.2) is 4.21 Å². The number of anilines is 1. The summed E-state index contributed by atoms with van der Waals surface area (Å²) in [5, 5.41) is 4.94. The van der Waals surface area contributed by atoms with Crippen LogP contribution in [0.5, 0.6) is 11.6 Å². The van der Waals surface area contributed by atoms with Crippen molar-refractivity contribution in [2.45, 2.75) is 56.7 Å². The quantitative estimate of drug-likeness (QED) is 0.292. The van der Waals surface area contributed by atoms with Crippen molar-refractivity contribution < 1.29 is 32.7 Å². The van der Waals surface area contributed by atoms with Gasteiger partial charge in [0.15, 0.2) is 0 Å². The van der Waals surface area contributed by atoms with Crippen LogP contribution in [-0.4, -0.2) is 134 Å². The molecule has 4 aliphatic heterocycles. The summed E-state index contributed by atoms with van der Waals surface area (Å²) in [6, 6.07) is 11.6. The molecule has 2 amide bonds. The number of nitrogens with zero attached hydrogens (tertiary/aromatic N) is 6. The monoisotopic (exact) mass is 889 g/mol. The fourth-order valence-electron chi connectivity index (χ4n) is 11.2. The second kappa shape index (κ2) is 17.2. The molecule has 2 bridgehead atoms. The van der Waals surface area contributed by atoms with E-state index in [1.54, 1.807) is 20.2 Å². The molecular formula is C46H60ClN7O7S. The number of likely N-dealkylation sites (tertiary alicyclic amines) is 2. The summed E-state index contributed by atoms with van der Waals surface area (Å²) in [7, 11) is 3.22. The number of aromatic nitrogens is 2. The second-order valence-corrected chi connectivity index (χ2v) is 21.4. The first-order chi connectivity index (χ1) is 29.8. The third kappa shape index (κ3) is 8.52. The number of rotatable bonds is 8. The van der Waals surface area contributed by atoms with Crippen LogP contribution >= 0.6 is 11.6 Å². The lowest BCUT2D eigenvalue weighted by atomic mass is 9.68. The molecule has 2 aliphatic carbocycles. The number of amides is 2. The molecule has 6 aliphatic rings. The molecule has 2 aromatic carbocycles. The zero-order chi connectivity index (χ0) is 43.4. The van der Waals surface area contributed by atoms with Crippen LogP contribution in [0, 0.1) is 23.2 Å².